The quantitative estimate of drug-likeness (QED) is 0.0255. The van der Waals surface area contributed by atoms with Crippen LogP contribution in [0.15, 0.2) is 30.4 Å². The van der Waals surface area contributed by atoms with Crippen molar-refractivity contribution in [2.75, 3.05) is 66.1 Å². The zero-order valence-electron chi connectivity index (χ0n) is 52.7. The Balaban J connectivity index is 2.31. The van der Waals surface area contributed by atoms with Gasteiger partial charge in [0.05, 0.1) is 91.8 Å². The van der Waals surface area contributed by atoms with Crippen LogP contribution in [-0.4, -0.2) is 114 Å². The summed E-state index contributed by atoms with van der Waals surface area (Å²) in [6, 6.07) is 5.13. The summed E-state index contributed by atoms with van der Waals surface area (Å²) in [6.07, 6.45) is 29.7. The lowest BCUT2D eigenvalue weighted by atomic mass is 10.1. The standard InChI is InChI=1S/C67H110O18/c1-5-7-9-11-13-15-29-49-80-62(70)41-43-64(72)82-51-35-23-25-37-60(68)78-47-31-19-17-27-45-76-57-39-40-59(58(55-57)67(75)85-54-34-22-21-33-53-84-66(74)56(3)4)77-46-28-18-20-32-48-79-61(69)38-26-24-36-52-83-65(73)44-42-63(71)81-50-30-16-14-12-10-8-6-2/h39-40,55H,3,5-38,41-54H2,1-2,4H3. The van der Waals surface area contributed by atoms with E-state index in [1.54, 1.807) is 25.1 Å². The highest BCUT2D eigenvalue weighted by Gasteiger charge is 2.17. The summed E-state index contributed by atoms with van der Waals surface area (Å²) in [4.78, 5) is 97.3. The van der Waals surface area contributed by atoms with Crippen molar-refractivity contribution < 1.29 is 85.7 Å². The Morgan fingerprint density at radius 1 is 0.318 bits per heavy atom. The zero-order valence-corrected chi connectivity index (χ0v) is 52.7. The molecule has 0 aromatic heterocycles. The normalized spacial score (nSPS) is 10.9. The van der Waals surface area contributed by atoms with E-state index in [9.17, 15) is 38.4 Å². The average Bonchev–Trinajstić information content (AvgIpc) is 3.68. The Kier molecular flexibility index (Phi) is 51.1. The molecule has 0 heterocycles. The molecular weight excluding hydrogens is 1090 g/mol. The van der Waals surface area contributed by atoms with Crippen molar-refractivity contribution in [2.24, 2.45) is 0 Å². The average molecular weight is 1200 g/mol. The molecule has 1 aromatic carbocycles. The summed E-state index contributed by atoms with van der Waals surface area (Å²) < 4.78 is 54.6. The number of esters is 8. The molecule has 18 nitrogen and oxygen atoms in total. The maximum Gasteiger partial charge on any atom is 0.342 e. The van der Waals surface area contributed by atoms with Crippen molar-refractivity contribution in [1.29, 1.82) is 0 Å². The van der Waals surface area contributed by atoms with Gasteiger partial charge in [-0.05, 0) is 154 Å². The maximum atomic E-state index is 13.4. The van der Waals surface area contributed by atoms with E-state index < -0.39 is 23.9 Å². The number of ether oxygens (including phenoxy) is 10. The molecule has 0 amide bonds. The van der Waals surface area contributed by atoms with E-state index in [0.29, 0.717) is 128 Å². The summed E-state index contributed by atoms with van der Waals surface area (Å²) in [5, 5.41) is 0. The third-order valence-electron chi connectivity index (χ3n) is 13.8. The molecule has 0 unspecified atom stereocenters. The number of hydrogen-bond donors (Lipinski definition) is 0. The molecule has 0 bridgehead atoms. The monoisotopic (exact) mass is 1200 g/mol. The summed E-state index contributed by atoms with van der Waals surface area (Å²) in [5.74, 6) is -2.15. The maximum absolute atomic E-state index is 13.4. The van der Waals surface area contributed by atoms with Gasteiger partial charge in [0.2, 0.25) is 0 Å². The minimum Gasteiger partial charge on any atom is -0.494 e. The molecule has 0 spiro atoms. The van der Waals surface area contributed by atoms with Crippen molar-refractivity contribution in [1.82, 2.24) is 0 Å². The van der Waals surface area contributed by atoms with Gasteiger partial charge in [0.1, 0.15) is 17.1 Å². The second-order valence-corrected chi connectivity index (χ2v) is 21.8. The number of carbonyl (C=O) groups is 8. The van der Waals surface area contributed by atoms with E-state index in [1.807, 2.05) is 0 Å². The van der Waals surface area contributed by atoms with E-state index in [-0.39, 0.29) is 81.4 Å². The van der Waals surface area contributed by atoms with Crippen molar-refractivity contribution >= 4 is 47.8 Å². The summed E-state index contributed by atoms with van der Waals surface area (Å²) >= 11 is 0. The predicted molar refractivity (Wildman–Crippen MR) is 326 cm³/mol. The van der Waals surface area contributed by atoms with Crippen LogP contribution in [0.5, 0.6) is 11.5 Å². The number of hydrogen-bond acceptors (Lipinski definition) is 18. The molecule has 0 saturated heterocycles. The second-order valence-electron chi connectivity index (χ2n) is 21.8. The van der Waals surface area contributed by atoms with Crippen LogP contribution in [0.25, 0.3) is 0 Å². The second kappa shape index (κ2) is 56.1. The summed E-state index contributed by atoms with van der Waals surface area (Å²) in [6.45, 7) is 12.8. The van der Waals surface area contributed by atoms with Crippen LogP contribution in [-0.2, 0) is 71.5 Å². The Morgan fingerprint density at radius 2 is 0.600 bits per heavy atom. The third kappa shape index (κ3) is 49.2. The third-order valence-corrected chi connectivity index (χ3v) is 13.8. The molecule has 18 heteroatoms. The van der Waals surface area contributed by atoms with Crippen molar-refractivity contribution in [3.05, 3.63) is 35.9 Å². The van der Waals surface area contributed by atoms with Crippen LogP contribution in [0.4, 0.5) is 0 Å². The summed E-state index contributed by atoms with van der Waals surface area (Å²) in [7, 11) is 0. The van der Waals surface area contributed by atoms with Gasteiger partial charge in [0.25, 0.3) is 0 Å². The molecule has 85 heavy (non-hydrogen) atoms. The van der Waals surface area contributed by atoms with E-state index in [2.05, 4.69) is 20.4 Å². The molecule has 0 atom stereocenters. The largest absolute Gasteiger partial charge is 0.494 e. The van der Waals surface area contributed by atoms with Gasteiger partial charge >= 0.3 is 47.8 Å². The van der Waals surface area contributed by atoms with E-state index in [0.717, 1.165) is 96.3 Å². The van der Waals surface area contributed by atoms with Gasteiger partial charge in [0.15, 0.2) is 0 Å². The van der Waals surface area contributed by atoms with E-state index >= 15 is 0 Å². The fourth-order valence-corrected chi connectivity index (χ4v) is 8.63. The minimum absolute atomic E-state index is 0.00348. The first-order valence-corrected chi connectivity index (χ1v) is 32.7. The first-order chi connectivity index (χ1) is 41.4. The highest BCUT2D eigenvalue weighted by molar-refractivity contribution is 5.93. The van der Waals surface area contributed by atoms with Crippen LogP contribution >= 0.6 is 0 Å². The fourth-order valence-electron chi connectivity index (χ4n) is 8.63. The number of benzene rings is 1. The Bertz CT molecular complexity index is 1950. The lowest BCUT2D eigenvalue weighted by Gasteiger charge is -2.14. The van der Waals surface area contributed by atoms with Crippen molar-refractivity contribution in [2.45, 2.75) is 265 Å². The summed E-state index contributed by atoms with van der Waals surface area (Å²) in [5.41, 5.74) is 0.629. The van der Waals surface area contributed by atoms with Crippen molar-refractivity contribution in [3.8, 4) is 11.5 Å². The van der Waals surface area contributed by atoms with Crippen LogP contribution in [0.3, 0.4) is 0 Å². The number of rotatable bonds is 59. The molecule has 0 fully saturated rings. The lowest BCUT2D eigenvalue weighted by molar-refractivity contribution is -0.150. The van der Waals surface area contributed by atoms with Crippen LogP contribution in [0, 0.1) is 0 Å². The molecule has 0 aliphatic rings. The first-order valence-electron chi connectivity index (χ1n) is 32.7. The number of carbonyl (C=O) groups excluding carboxylic acids is 8. The predicted octanol–water partition coefficient (Wildman–Crippen LogP) is 14.8. The van der Waals surface area contributed by atoms with Gasteiger partial charge < -0.3 is 47.4 Å². The first kappa shape index (κ1) is 77.3. The Labute approximate surface area is 509 Å². The molecular formula is C67H110O18. The molecule has 1 rings (SSSR count). The molecule has 0 aliphatic heterocycles. The molecule has 0 radical (unpaired) electrons. The molecule has 1 aromatic rings. The zero-order chi connectivity index (χ0) is 62.1. The van der Waals surface area contributed by atoms with Crippen molar-refractivity contribution in [3.63, 3.8) is 0 Å². The fraction of sp³-hybridized carbons (Fsp3) is 0.761. The van der Waals surface area contributed by atoms with Crippen LogP contribution in [0.1, 0.15) is 275 Å². The van der Waals surface area contributed by atoms with Crippen LogP contribution < -0.4 is 9.47 Å². The minimum atomic E-state index is -0.517. The van der Waals surface area contributed by atoms with E-state index in [4.69, 9.17) is 47.4 Å². The lowest BCUT2D eigenvalue weighted by Crippen LogP contribution is -2.11. The number of unbranched alkanes of at least 4 members (excludes halogenated alkanes) is 25. The molecule has 0 N–H and O–H groups in total. The SMILES string of the molecule is C=C(C)C(=O)OCCCCCCOC(=O)c1cc(OCCCCCCOC(=O)CCCCCOC(=O)CCC(=O)OCCCCCCCCC)ccc1OCCCCCCOC(=O)CCCCCOC(=O)CCC(=O)OCCCCCCCCC. The Hall–Kier alpha value is -5.68. The van der Waals surface area contributed by atoms with Gasteiger partial charge in [-0.15, -0.1) is 0 Å². The van der Waals surface area contributed by atoms with Gasteiger partial charge in [-0.25, -0.2) is 9.59 Å². The van der Waals surface area contributed by atoms with Crippen LogP contribution in [0.2, 0.25) is 0 Å². The van der Waals surface area contributed by atoms with Gasteiger partial charge in [0, 0.05) is 18.4 Å². The van der Waals surface area contributed by atoms with Gasteiger partial charge in [-0.2, -0.15) is 0 Å². The molecule has 486 valence electrons. The van der Waals surface area contributed by atoms with Gasteiger partial charge in [-0.3, -0.25) is 28.8 Å². The van der Waals surface area contributed by atoms with E-state index in [1.165, 1.54) is 51.4 Å². The molecule has 0 saturated carbocycles. The highest BCUT2D eigenvalue weighted by atomic mass is 16.6. The topological polar surface area (TPSA) is 229 Å². The molecule has 0 aliphatic carbocycles. The van der Waals surface area contributed by atoms with Gasteiger partial charge in [-0.1, -0.05) is 97.5 Å². The Morgan fingerprint density at radius 3 is 0.953 bits per heavy atom. The smallest absolute Gasteiger partial charge is 0.342 e. The highest BCUT2D eigenvalue weighted by Crippen LogP contribution is 2.26.